The van der Waals surface area contributed by atoms with Gasteiger partial charge < -0.3 is 10.4 Å². The first-order valence-electron chi connectivity index (χ1n) is 7.13. The number of benzene rings is 2. The van der Waals surface area contributed by atoms with E-state index < -0.39 is 11.6 Å². The van der Waals surface area contributed by atoms with E-state index in [2.05, 4.69) is 5.32 Å². The van der Waals surface area contributed by atoms with Gasteiger partial charge >= 0.3 is 0 Å². The molecule has 0 spiro atoms. The standard InChI is InChI=1S/C17H17F2NO2S/c18-14-7-6-13(10-15(14)19)23-11-17(22)20-16(8-9-21)12-4-2-1-3-5-12/h1-7,10,16,21H,8-9,11H2,(H,20,22). The summed E-state index contributed by atoms with van der Waals surface area (Å²) >= 11 is 1.13. The Morgan fingerprint density at radius 2 is 1.87 bits per heavy atom. The van der Waals surface area contributed by atoms with E-state index in [0.717, 1.165) is 29.5 Å². The zero-order valence-electron chi connectivity index (χ0n) is 12.3. The second-order valence-electron chi connectivity index (χ2n) is 4.91. The molecule has 0 radical (unpaired) electrons. The molecule has 0 aliphatic rings. The van der Waals surface area contributed by atoms with Gasteiger partial charge in [-0.05, 0) is 30.2 Å². The smallest absolute Gasteiger partial charge is 0.230 e. The van der Waals surface area contributed by atoms with Crippen LogP contribution in [0.1, 0.15) is 18.0 Å². The summed E-state index contributed by atoms with van der Waals surface area (Å²) < 4.78 is 26.0. The predicted octanol–water partition coefficient (Wildman–Crippen LogP) is 3.30. The van der Waals surface area contributed by atoms with Crippen molar-refractivity contribution in [3.8, 4) is 0 Å². The predicted molar refractivity (Wildman–Crippen MR) is 86.1 cm³/mol. The topological polar surface area (TPSA) is 49.3 Å². The monoisotopic (exact) mass is 337 g/mol. The largest absolute Gasteiger partial charge is 0.396 e. The molecule has 2 aromatic rings. The molecule has 122 valence electrons. The Hall–Kier alpha value is -1.92. The summed E-state index contributed by atoms with van der Waals surface area (Å²) in [7, 11) is 0. The van der Waals surface area contributed by atoms with Crippen LogP contribution in [0.15, 0.2) is 53.4 Å². The van der Waals surface area contributed by atoms with Crippen LogP contribution < -0.4 is 5.32 Å². The van der Waals surface area contributed by atoms with Crippen LogP contribution in [0.3, 0.4) is 0 Å². The fraction of sp³-hybridized carbons (Fsp3) is 0.235. The lowest BCUT2D eigenvalue weighted by Gasteiger charge is -2.18. The summed E-state index contributed by atoms with van der Waals surface area (Å²) in [6.07, 6.45) is 0.408. The third-order valence-electron chi connectivity index (χ3n) is 3.22. The second kappa shape index (κ2) is 8.64. The normalized spacial score (nSPS) is 12.0. The molecule has 0 saturated carbocycles. The van der Waals surface area contributed by atoms with Crippen LogP contribution in [0, 0.1) is 11.6 Å². The zero-order valence-corrected chi connectivity index (χ0v) is 13.2. The van der Waals surface area contributed by atoms with Crippen LogP contribution in [0.2, 0.25) is 0 Å². The van der Waals surface area contributed by atoms with E-state index in [1.807, 2.05) is 30.3 Å². The molecule has 23 heavy (non-hydrogen) atoms. The number of aliphatic hydroxyl groups excluding tert-OH is 1. The van der Waals surface area contributed by atoms with Gasteiger partial charge in [0.15, 0.2) is 11.6 Å². The number of amides is 1. The van der Waals surface area contributed by atoms with Crippen molar-refractivity contribution in [3.63, 3.8) is 0 Å². The minimum absolute atomic E-state index is 0.0455. The molecule has 2 rings (SSSR count). The summed E-state index contributed by atoms with van der Waals surface area (Å²) in [5.41, 5.74) is 0.910. The van der Waals surface area contributed by atoms with Crippen molar-refractivity contribution >= 4 is 17.7 Å². The molecule has 0 aliphatic heterocycles. The number of carbonyl (C=O) groups is 1. The summed E-state index contributed by atoms with van der Waals surface area (Å²) in [6.45, 7) is -0.0455. The molecule has 2 N–H and O–H groups in total. The maximum absolute atomic E-state index is 13.1. The maximum Gasteiger partial charge on any atom is 0.230 e. The quantitative estimate of drug-likeness (QED) is 0.762. The van der Waals surface area contributed by atoms with Crippen LogP contribution in [-0.4, -0.2) is 23.4 Å². The van der Waals surface area contributed by atoms with E-state index in [1.54, 1.807) is 0 Å². The molecule has 0 bridgehead atoms. The number of halogens is 2. The van der Waals surface area contributed by atoms with E-state index in [1.165, 1.54) is 6.07 Å². The molecular weight excluding hydrogens is 320 g/mol. The SMILES string of the molecule is O=C(CSc1ccc(F)c(F)c1)NC(CCO)c1ccccc1. The van der Waals surface area contributed by atoms with Gasteiger partial charge in [-0.3, -0.25) is 4.79 Å². The lowest BCUT2D eigenvalue weighted by molar-refractivity contribution is -0.119. The van der Waals surface area contributed by atoms with E-state index in [0.29, 0.717) is 11.3 Å². The van der Waals surface area contributed by atoms with Gasteiger partial charge in [-0.1, -0.05) is 30.3 Å². The minimum atomic E-state index is -0.933. The zero-order chi connectivity index (χ0) is 16.7. The van der Waals surface area contributed by atoms with Crippen molar-refractivity contribution in [1.82, 2.24) is 5.32 Å². The van der Waals surface area contributed by atoms with Gasteiger partial charge in [0.2, 0.25) is 5.91 Å². The van der Waals surface area contributed by atoms with E-state index in [4.69, 9.17) is 5.11 Å². The van der Waals surface area contributed by atoms with Crippen molar-refractivity contribution in [2.75, 3.05) is 12.4 Å². The Bertz CT molecular complexity index is 652. The van der Waals surface area contributed by atoms with Gasteiger partial charge in [0.1, 0.15) is 0 Å². The summed E-state index contributed by atoms with van der Waals surface area (Å²) in [4.78, 5) is 12.5. The maximum atomic E-state index is 13.1. The first-order valence-corrected chi connectivity index (χ1v) is 8.11. The lowest BCUT2D eigenvalue weighted by Crippen LogP contribution is -2.30. The summed E-state index contributed by atoms with van der Waals surface area (Å²) in [5, 5.41) is 12.0. The first-order chi connectivity index (χ1) is 11.1. The molecule has 1 atom stereocenters. The van der Waals surface area contributed by atoms with Crippen molar-refractivity contribution in [2.45, 2.75) is 17.4 Å². The number of hydrogen-bond donors (Lipinski definition) is 2. The molecule has 1 unspecified atom stereocenters. The van der Waals surface area contributed by atoms with Crippen LogP contribution in [0.25, 0.3) is 0 Å². The number of thioether (sulfide) groups is 1. The molecule has 0 heterocycles. The molecule has 0 aliphatic carbocycles. The Balaban J connectivity index is 1.92. The lowest BCUT2D eigenvalue weighted by atomic mass is 10.0. The Labute approximate surface area is 137 Å². The Morgan fingerprint density at radius 1 is 1.13 bits per heavy atom. The third-order valence-corrected chi connectivity index (χ3v) is 4.21. The van der Waals surface area contributed by atoms with Crippen molar-refractivity contribution in [3.05, 3.63) is 65.7 Å². The third kappa shape index (κ3) is 5.33. The second-order valence-corrected chi connectivity index (χ2v) is 5.96. The highest BCUT2D eigenvalue weighted by molar-refractivity contribution is 8.00. The molecule has 0 saturated heterocycles. The highest BCUT2D eigenvalue weighted by Gasteiger charge is 2.14. The van der Waals surface area contributed by atoms with E-state index in [-0.39, 0.29) is 24.3 Å². The van der Waals surface area contributed by atoms with E-state index in [9.17, 15) is 13.6 Å². The van der Waals surface area contributed by atoms with Gasteiger partial charge in [-0.25, -0.2) is 8.78 Å². The van der Waals surface area contributed by atoms with Gasteiger partial charge in [0, 0.05) is 11.5 Å². The molecule has 0 aromatic heterocycles. The number of hydrogen-bond acceptors (Lipinski definition) is 3. The number of rotatable bonds is 7. The minimum Gasteiger partial charge on any atom is -0.396 e. The molecule has 0 fully saturated rings. The fourth-order valence-electron chi connectivity index (χ4n) is 2.09. The molecular formula is C17H17F2NO2S. The average molecular weight is 337 g/mol. The van der Waals surface area contributed by atoms with Crippen LogP contribution >= 0.6 is 11.8 Å². The molecule has 1 amide bonds. The van der Waals surface area contributed by atoms with E-state index >= 15 is 0 Å². The van der Waals surface area contributed by atoms with Gasteiger partial charge in [0.05, 0.1) is 11.8 Å². The average Bonchev–Trinajstić information content (AvgIpc) is 2.56. The summed E-state index contributed by atoms with van der Waals surface area (Å²) in [5.74, 6) is -1.99. The Morgan fingerprint density at radius 3 is 2.52 bits per heavy atom. The van der Waals surface area contributed by atoms with Gasteiger partial charge in [-0.15, -0.1) is 11.8 Å². The highest BCUT2D eigenvalue weighted by Crippen LogP contribution is 2.21. The van der Waals surface area contributed by atoms with Crippen molar-refractivity contribution in [2.24, 2.45) is 0 Å². The Kier molecular flexibility index (Phi) is 6.55. The summed E-state index contributed by atoms with van der Waals surface area (Å²) in [6, 6.07) is 12.6. The fourth-order valence-corrected chi connectivity index (χ4v) is 2.82. The number of aliphatic hydroxyl groups is 1. The van der Waals surface area contributed by atoms with Crippen molar-refractivity contribution < 1.29 is 18.7 Å². The molecule has 6 heteroatoms. The highest BCUT2D eigenvalue weighted by atomic mass is 32.2. The van der Waals surface area contributed by atoms with Gasteiger partial charge in [0.25, 0.3) is 0 Å². The van der Waals surface area contributed by atoms with Crippen LogP contribution in [-0.2, 0) is 4.79 Å². The van der Waals surface area contributed by atoms with Gasteiger partial charge in [-0.2, -0.15) is 0 Å². The van der Waals surface area contributed by atoms with Crippen LogP contribution in [0.4, 0.5) is 8.78 Å². The molecule has 2 aromatic carbocycles. The first kappa shape index (κ1) is 17.4. The number of nitrogens with one attached hydrogen (secondary N) is 1. The number of carbonyl (C=O) groups excluding carboxylic acids is 1. The van der Waals surface area contributed by atoms with Crippen molar-refractivity contribution in [1.29, 1.82) is 0 Å². The molecule has 3 nitrogen and oxygen atoms in total. The van der Waals surface area contributed by atoms with Crippen LogP contribution in [0.5, 0.6) is 0 Å².